The highest BCUT2D eigenvalue weighted by Crippen LogP contribution is 2.36. The van der Waals surface area contributed by atoms with Crippen molar-refractivity contribution in [2.45, 2.75) is 83.6 Å². The van der Waals surface area contributed by atoms with Gasteiger partial charge in [-0.3, -0.25) is 4.98 Å². The molecule has 2 aromatic carbocycles. The van der Waals surface area contributed by atoms with Crippen LogP contribution in [0, 0.1) is 0 Å². The van der Waals surface area contributed by atoms with Gasteiger partial charge in [0.05, 0.1) is 0 Å². The van der Waals surface area contributed by atoms with Gasteiger partial charge in [0.2, 0.25) is 0 Å². The summed E-state index contributed by atoms with van der Waals surface area (Å²) in [6.45, 7) is 9.44. The smallest absolute Gasteiger partial charge is 0.322 e. The van der Waals surface area contributed by atoms with Gasteiger partial charge in [0.1, 0.15) is 0 Å². The minimum absolute atomic E-state index is 0. The fourth-order valence-electron chi connectivity index (χ4n) is 5.55. The second-order valence-electron chi connectivity index (χ2n) is 10.7. The molecule has 1 saturated carbocycles. The molecule has 0 spiro atoms. The molecule has 0 atom stereocenters. The van der Waals surface area contributed by atoms with Gasteiger partial charge in [-0.15, -0.1) is 12.4 Å². The monoisotopic (exact) mass is 537 g/mol. The van der Waals surface area contributed by atoms with E-state index in [2.05, 4.69) is 91.4 Å². The van der Waals surface area contributed by atoms with E-state index in [9.17, 15) is 4.79 Å². The SMILES string of the molecule is CC(C)c1cccc(C(C)C)c1NC(=O)N(CCc1ccccn1)[C@H]1CC[C@H](c2ccccc2)CC1.Cl.O. The first-order chi connectivity index (χ1) is 17.4. The van der Waals surface area contributed by atoms with Crippen LogP contribution in [0.2, 0.25) is 0 Å². The number of nitrogens with one attached hydrogen (secondary N) is 1. The van der Waals surface area contributed by atoms with Crippen molar-refractivity contribution in [3.63, 3.8) is 0 Å². The van der Waals surface area contributed by atoms with E-state index in [-0.39, 0.29) is 30.0 Å². The summed E-state index contributed by atoms with van der Waals surface area (Å²) in [5, 5.41) is 3.38. The molecule has 1 heterocycles. The van der Waals surface area contributed by atoms with Gasteiger partial charge < -0.3 is 15.7 Å². The molecule has 0 radical (unpaired) electrons. The summed E-state index contributed by atoms with van der Waals surface area (Å²) >= 11 is 0. The van der Waals surface area contributed by atoms with Crippen LogP contribution in [0.1, 0.15) is 93.5 Å². The normalized spacial score (nSPS) is 16.9. The van der Waals surface area contributed by atoms with E-state index in [4.69, 9.17) is 0 Å². The lowest BCUT2D eigenvalue weighted by Gasteiger charge is -2.37. The highest BCUT2D eigenvalue weighted by Gasteiger charge is 2.30. The third-order valence-electron chi connectivity index (χ3n) is 7.61. The second-order valence-corrected chi connectivity index (χ2v) is 10.7. The lowest BCUT2D eigenvalue weighted by atomic mass is 9.81. The summed E-state index contributed by atoms with van der Waals surface area (Å²) in [5.41, 5.74) is 5.85. The van der Waals surface area contributed by atoms with Crippen LogP contribution in [0.3, 0.4) is 0 Å². The number of benzene rings is 2. The van der Waals surface area contributed by atoms with Gasteiger partial charge in [-0.05, 0) is 72.3 Å². The topological polar surface area (TPSA) is 76.7 Å². The summed E-state index contributed by atoms with van der Waals surface area (Å²) in [5.74, 6) is 1.25. The maximum Gasteiger partial charge on any atom is 0.322 e. The Labute approximate surface area is 234 Å². The summed E-state index contributed by atoms with van der Waals surface area (Å²) in [4.78, 5) is 20.5. The number of carbonyl (C=O) groups excluding carboxylic acids is 1. The number of urea groups is 1. The van der Waals surface area contributed by atoms with E-state index in [0.717, 1.165) is 43.5 Å². The van der Waals surface area contributed by atoms with Crippen LogP contribution in [-0.2, 0) is 6.42 Å². The molecule has 1 aliphatic rings. The summed E-state index contributed by atoms with van der Waals surface area (Å²) < 4.78 is 0. The van der Waals surface area contributed by atoms with E-state index in [0.29, 0.717) is 24.3 Å². The molecule has 5 nitrogen and oxygen atoms in total. The number of para-hydroxylation sites is 1. The first-order valence-electron chi connectivity index (χ1n) is 13.6. The summed E-state index contributed by atoms with van der Waals surface area (Å²) in [7, 11) is 0. The van der Waals surface area contributed by atoms with Gasteiger partial charge in [0, 0.05) is 36.6 Å². The number of hydrogen-bond donors (Lipinski definition) is 1. The largest absolute Gasteiger partial charge is 0.412 e. The van der Waals surface area contributed by atoms with Crippen LogP contribution in [0.25, 0.3) is 0 Å². The molecule has 0 bridgehead atoms. The van der Waals surface area contributed by atoms with Gasteiger partial charge in [-0.25, -0.2) is 4.79 Å². The Kier molecular flexibility index (Phi) is 12.3. The standard InChI is InChI=1S/C32H41N3O.ClH.H2O/c1-23(2)29-14-10-15-30(24(3)4)31(29)34-32(36)35(22-20-27-13-8-9-21-33-27)28-18-16-26(17-19-28)25-11-6-5-7-12-25;;/h5-15,21,23-24,26,28H,16-20,22H2,1-4H3,(H,34,36);1H;1H2/t26-,28-;;. The van der Waals surface area contributed by atoms with E-state index in [1.807, 2.05) is 24.4 Å². The molecular weight excluding hydrogens is 494 g/mol. The van der Waals surface area contributed by atoms with Gasteiger partial charge in [0.25, 0.3) is 0 Å². The van der Waals surface area contributed by atoms with Crippen LogP contribution in [0.5, 0.6) is 0 Å². The Hall–Kier alpha value is -2.89. The van der Waals surface area contributed by atoms with Crippen LogP contribution < -0.4 is 5.32 Å². The third-order valence-corrected chi connectivity index (χ3v) is 7.61. The first kappa shape index (κ1) is 31.3. The third kappa shape index (κ3) is 7.81. The van der Waals surface area contributed by atoms with Crippen molar-refractivity contribution in [3.8, 4) is 0 Å². The van der Waals surface area contributed by atoms with Crippen LogP contribution in [0.15, 0.2) is 72.9 Å². The van der Waals surface area contributed by atoms with E-state index in [1.165, 1.54) is 16.7 Å². The van der Waals surface area contributed by atoms with Crippen molar-refractivity contribution in [1.29, 1.82) is 0 Å². The van der Waals surface area contributed by atoms with Crippen LogP contribution in [0.4, 0.5) is 10.5 Å². The zero-order valence-electron chi connectivity index (χ0n) is 23.2. The zero-order valence-corrected chi connectivity index (χ0v) is 24.0. The number of halogens is 1. The predicted molar refractivity (Wildman–Crippen MR) is 161 cm³/mol. The average molecular weight is 538 g/mol. The van der Waals surface area contributed by atoms with Gasteiger partial charge >= 0.3 is 6.03 Å². The molecule has 2 amide bonds. The van der Waals surface area contributed by atoms with Gasteiger partial charge in [-0.2, -0.15) is 0 Å². The average Bonchev–Trinajstić information content (AvgIpc) is 2.90. The molecule has 6 heteroatoms. The fourth-order valence-corrected chi connectivity index (χ4v) is 5.55. The predicted octanol–water partition coefficient (Wildman–Crippen LogP) is 7.73. The molecule has 0 saturated heterocycles. The highest BCUT2D eigenvalue weighted by molar-refractivity contribution is 5.91. The highest BCUT2D eigenvalue weighted by atomic mass is 35.5. The van der Waals surface area contributed by atoms with Crippen molar-refractivity contribution in [3.05, 3.63) is 95.3 Å². The van der Waals surface area contributed by atoms with E-state index < -0.39 is 0 Å². The van der Waals surface area contributed by atoms with Crippen molar-refractivity contribution < 1.29 is 10.3 Å². The van der Waals surface area contributed by atoms with Crippen LogP contribution in [-0.4, -0.2) is 34.0 Å². The Morgan fingerprint density at radius 1 is 0.868 bits per heavy atom. The molecule has 1 fully saturated rings. The van der Waals surface area contributed by atoms with Gasteiger partial charge in [-0.1, -0.05) is 82.3 Å². The molecule has 38 heavy (non-hydrogen) atoms. The lowest BCUT2D eigenvalue weighted by Crippen LogP contribution is -2.45. The maximum atomic E-state index is 13.9. The van der Waals surface area contributed by atoms with Gasteiger partial charge in [0.15, 0.2) is 0 Å². The Morgan fingerprint density at radius 2 is 1.47 bits per heavy atom. The van der Waals surface area contributed by atoms with Crippen molar-refractivity contribution in [1.82, 2.24) is 9.88 Å². The molecule has 206 valence electrons. The molecule has 1 aromatic heterocycles. The van der Waals surface area contributed by atoms with E-state index in [1.54, 1.807) is 0 Å². The molecule has 1 aliphatic carbocycles. The van der Waals surface area contributed by atoms with E-state index >= 15 is 0 Å². The molecule has 4 rings (SSSR count). The number of pyridine rings is 1. The number of amides is 2. The second kappa shape index (κ2) is 14.9. The van der Waals surface area contributed by atoms with Crippen molar-refractivity contribution in [2.75, 3.05) is 11.9 Å². The Morgan fingerprint density at radius 3 is 2.03 bits per heavy atom. The quantitative estimate of drug-likeness (QED) is 0.319. The number of rotatable bonds is 8. The molecule has 3 N–H and O–H groups in total. The zero-order chi connectivity index (χ0) is 25.5. The van der Waals surface area contributed by atoms with Crippen molar-refractivity contribution >= 4 is 24.1 Å². The molecular formula is C32H44ClN3O2. The number of anilines is 1. The van der Waals surface area contributed by atoms with Crippen LogP contribution >= 0.6 is 12.4 Å². The number of carbonyl (C=O) groups is 1. The lowest BCUT2D eigenvalue weighted by molar-refractivity contribution is 0.163. The number of aromatic nitrogens is 1. The fraction of sp³-hybridized carbons (Fsp3) is 0.438. The molecule has 0 aliphatic heterocycles. The molecule has 0 unspecified atom stereocenters. The minimum atomic E-state index is 0. The first-order valence-corrected chi connectivity index (χ1v) is 13.6. The Bertz CT molecular complexity index is 1090. The molecule has 3 aromatic rings. The summed E-state index contributed by atoms with van der Waals surface area (Å²) in [6.07, 6.45) is 6.87. The van der Waals surface area contributed by atoms with Crippen molar-refractivity contribution in [2.24, 2.45) is 0 Å². The maximum absolute atomic E-state index is 13.9. The summed E-state index contributed by atoms with van der Waals surface area (Å²) in [6, 6.07) is 23.5. The number of hydrogen-bond acceptors (Lipinski definition) is 2. The Balaban J connectivity index is 0.00000253. The minimum Gasteiger partial charge on any atom is -0.412 e. The number of nitrogens with zero attached hydrogens (tertiary/aromatic N) is 2.